The van der Waals surface area contributed by atoms with Crippen LogP contribution in [-0.2, 0) is 18.9 Å². The molecule has 1 fully saturated rings. The minimum Gasteiger partial charge on any atom is -0.493 e. The first-order valence-corrected chi connectivity index (χ1v) is 5.57. The zero-order valence-electron chi connectivity index (χ0n) is 10.2. The summed E-state index contributed by atoms with van der Waals surface area (Å²) in [7, 11) is 0.439. The molecule has 0 atom stereocenters. The molecule has 0 N–H and O–H groups in total. The van der Waals surface area contributed by atoms with Gasteiger partial charge in [-0.15, -0.1) is 0 Å². The van der Waals surface area contributed by atoms with Crippen molar-refractivity contribution in [3.8, 4) is 0 Å². The van der Waals surface area contributed by atoms with Crippen LogP contribution >= 0.6 is 0 Å². The summed E-state index contributed by atoms with van der Waals surface area (Å²) in [6.45, 7) is -0.00393. The molecule has 0 saturated carbocycles. The Morgan fingerprint density at radius 1 is 1.26 bits per heavy atom. The predicted octanol–water partition coefficient (Wildman–Crippen LogP) is -1.38. The van der Waals surface area contributed by atoms with E-state index in [-0.39, 0.29) is 18.7 Å². The van der Waals surface area contributed by atoms with E-state index in [2.05, 4.69) is 4.98 Å². The molecule has 2 heterocycles. The van der Waals surface area contributed by atoms with Gasteiger partial charge in [0, 0.05) is 11.8 Å². The lowest BCUT2D eigenvalue weighted by molar-refractivity contribution is -0.145. The van der Waals surface area contributed by atoms with Crippen LogP contribution in [0, 0.1) is 0 Å². The fraction of sp³-hybridized carbons (Fsp3) is 0.273. The van der Waals surface area contributed by atoms with Crippen molar-refractivity contribution in [2.75, 3.05) is 20.1 Å². The van der Waals surface area contributed by atoms with Gasteiger partial charge in [0.1, 0.15) is 5.59 Å². The van der Waals surface area contributed by atoms with Crippen LogP contribution in [0.4, 0.5) is 0 Å². The highest BCUT2D eigenvalue weighted by Gasteiger charge is 2.34. The van der Waals surface area contributed by atoms with Crippen LogP contribution in [0.1, 0.15) is 10.4 Å². The molecule has 98 valence electrons. The Bertz CT molecular complexity index is 484. The Hall–Kier alpha value is -2.22. The van der Waals surface area contributed by atoms with Crippen molar-refractivity contribution in [2.45, 2.75) is 0 Å². The van der Waals surface area contributed by atoms with Crippen molar-refractivity contribution in [1.29, 1.82) is 0 Å². The highest BCUT2D eigenvalue weighted by atomic mass is 16.6. The average Bonchev–Trinajstić information content (AvgIpc) is 2.36. The average molecular weight is 262 g/mol. The molecular formula is C11H11BN2O5. The first-order valence-electron chi connectivity index (χ1n) is 5.57. The summed E-state index contributed by atoms with van der Waals surface area (Å²) in [6, 6.07) is 2.97. The molecule has 1 saturated heterocycles. The Morgan fingerprint density at radius 2 is 1.89 bits per heavy atom. The van der Waals surface area contributed by atoms with Crippen molar-refractivity contribution in [2.24, 2.45) is 0 Å². The molecule has 1 aromatic rings. The van der Waals surface area contributed by atoms with E-state index in [1.165, 1.54) is 23.2 Å². The fourth-order valence-electron chi connectivity index (χ4n) is 1.58. The molecule has 0 unspecified atom stereocenters. The van der Waals surface area contributed by atoms with Gasteiger partial charge >= 0.3 is 19.1 Å². The van der Waals surface area contributed by atoms with Gasteiger partial charge in [-0.05, 0) is 19.2 Å². The lowest BCUT2D eigenvalue weighted by atomic mass is 9.83. The maximum Gasteiger partial charge on any atom is 0.656 e. The van der Waals surface area contributed by atoms with Crippen LogP contribution in [0.2, 0.25) is 0 Å². The highest BCUT2D eigenvalue weighted by Crippen LogP contribution is 2.00. The Morgan fingerprint density at radius 3 is 2.37 bits per heavy atom. The summed E-state index contributed by atoms with van der Waals surface area (Å²) in [5, 5.41) is 0. The van der Waals surface area contributed by atoms with E-state index in [0.29, 0.717) is 11.8 Å². The molecule has 0 aromatic carbocycles. The van der Waals surface area contributed by atoms with Crippen molar-refractivity contribution < 1.29 is 23.7 Å². The Kier molecular flexibility index (Phi) is 3.91. The van der Waals surface area contributed by atoms with Crippen molar-refractivity contribution in [3.63, 3.8) is 0 Å². The second-order valence-electron chi connectivity index (χ2n) is 4.12. The molecule has 0 spiro atoms. The molecule has 0 aliphatic carbocycles. The predicted molar refractivity (Wildman–Crippen MR) is 64.7 cm³/mol. The van der Waals surface area contributed by atoms with Crippen LogP contribution in [-0.4, -0.2) is 55.4 Å². The van der Waals surface area contributed by atoms with Crippen molar-refractivity contribution in [1.82, 2.24) is 9.88 Å². The number of aldehydes is 1. The van der Waals surface area contributed by atoms with E-state index in [1.807, 2.05) is 0 Å². The number of carbonyl (C=O) groups excluding carboxylic acids is 3. The van der Waals surface area contributed by atoms with E-state index in [9.17, 15) is 14.4 Å². The number of hydrogen-bond acceptors (Lipinski definition) is 7. The standard InChI is InChI=1S/C11H11BN2O5/c1-14-5-10(16)18-12(19-11(17)6-14)9-3-2-8(7-15)4-13-9/h2-4,7H,5-6H2,1H3. The van der Waals surface area contributed by atoms with E-state index in [4.69, 9.17) is 9.31 Å². The molecule has 7 nitrogen and oxygen atoms in total. The maximum absolute atomic E-state index is 11.5. The minimum absolute atomic E-state index is 0.00196. The van der Waals surface area contributed by atoms with Gasteiger partial charge in [-0.25, -0.2) is 0 Å². The van der Waals surface area contributed by atoms with E-state index < -0.39 is 19.1 Å². The van der Waals surface area contributed by atoms with Crippen LogP contribution < -0.4 is 5.59 Å². The normalized spacial score (nSPS) is 17.2. The quantitative estimate of drug-likeness (QED) is 0.479. The second-order valence-corrected chi connectivity index (χ2v) is 4.12. The van der Waals surface area contributed by atoms with Gasteiger partial charge in [0.15, 0.2) is 6.29 Å². The van der Waals surface area contributed by atoms with Crippen molar-refractivity contribution >= 4 is 30.9 Å². The van der Waals surface area contributed by atoms with Crippen LogP contribution in [0.15, 0.2) is 18.3 Å². The third kappa shape index (κ3) is 3.38. The number of pyridine rings is 1. The smallest absolute Gasteiger partial charge is 0.493 e. The van der Waals surface area contributed by atoms with Crippen molar-refractivity contribution in [3.05, 3.63) is 23.9 Å². The SMILES string of the molecule is CN1CC(=O)OB(c2ccc(C=O)cn2)OC(=O)C1. The monoisotopic (exact) mass is 262 g/mol. The van der Waals surface area contributed by atoms with E-state index in [1.54, 1.807) is 7.05 Å². The summed E-state index contributed by atoms with van der Waals surface area (Å²) < 4.78 is 10.0. The summed E-state index contributed by atoms with van der Waals surface area (Å²) in [5.41, 5.74) is 0.642. The maximum atomic E-state index is 11.5. The van der Waals surface area contributed by atoms with Gasteiger partial charge in [0.25, 0.3) is 0 Å². The summed E-state index contributed by atoms with van der Waals surface area (Å²) in [5.74, 6) is -1.03. The first-order chi connectivity index (χ1) is 9.08. The van der Waals surface area contributed by atoms with Crippen LogP contribution in [0.25, 0.3) is 0 Å². The van der Waals surface area contributed by atoms with Gasteiger partial charge in [0.05, 0.1) is 13.1 Å². The number of hydrogen-bond donors (Lipinski definition) is 0. The number of carbonyl (C=O) groups is 3. The molecule has 8 heteroatoms. The van der Waals surface area contributed by atoms with Gasteiger partial charge in [-0.1, -0.05) is 0 Å². The lowest BCUT2D eigenvalue weighted by Gasteiger charge is -2.22. The van der Waals surface area contributed by atoms with E-state index >= 15 is 0 Å². The molecule has 2 rings (SSSR count). The van der Waals surface area contributed by atoms with Gasteiger partial charge in [-0.3, -0.25) is 24.3 Å². The molecule has 0 radical (unpaired) electrons. The summed E-state index contributed by atoms with van der Waals surface area (Å²) in [6.07, 6.45) is 1.96. The lowest BCUT2D eigenvalue weighted by Crippen LogP contribution is -2.48. The number of rotatable bonds is 2. The van der Waals surface area contributed by atoms with Gasteiger partial charge in [0.2, 0.25) is 0 Å². The second kappa shape index (κ2) is 5.62. The molecule has 19 heavy (non-hydrogen) atoms. The third-order valence-corrected chi connectivity index (χ3v) is 2.46. The molecule has 0 amide bonds. The number of aromatic nitrogens is 1. The van der Waals surface area contributed by atoms with Crippen LogP contribution in [0.5, 0.6) is 0 Å². The fourth-order valence-corrected chi connectivity index (χ4v) is 1.58. The van der Waals surface area contributed by atoms with Crippen LogP contribution in [0.3, 0.4) is 0 Å². The molecule has 1 aromatic heterocycles. The van der Waals surface area contributed by atoms with E-state index in [0.717, 1.165) is 0 Å². The zero-order chi connectivity index (χ0) is 13.8. The zero-order valence-corrected chi connectivity index (χ0v) is 10.2. The first kappa shape index (κ1) is 13.2. The largest absolute Gasteiger partial charge is 0.656 e. The number of nitrogens with zero attached hydrogens (tertiary/aromatic N) is 2. The topological polar surface area (TPSA) is 85.8 Å². The Labute approximate surface area is 109 Å². The van der Waals surface area contributed by atoms with Gasteiger partial charge in [-0.2, -0.15) is 0 Å². The number of likely N-dealkylation sites (N-methyl/N-ethyl adjacent to an activating group) is 1. The molecular weight excluding hydrogens is 251 g/mol. The third-order valence-electron chi connectivity index (χ3n) is 2.46. The summed E-state index contributed by atoms with van der Waals surface area (Å²) >= 11 is 0. The molecule has 1 aliphatic rings. The van der Waals surface area contributed by atoms with Gasteiger partial charge < -0.3 is 9.31 Å². The highest BCUT2D eigenvalue weighted by molar-refractivity contribution is 6.63. The summed E-state index contributed by atoms with van der Waals surface area (Å²) in [4.78, 5) is 39.0. The Balaban J connectivity index is 2.18. The molecule has 0 bridgehead atoms. The molecule has 1 aliphatic heterocycles. The minimum atomic E-state index is -1.17.